The largest absolute Gasteiger partial charge is 0.351 e. The van der Waals surface area contributed by atoms with Gasteiger partial charge in [0.05, 0.1) is 10.8 Å². The maximum absolute atomic E-state index is 13.2. The van der Waals surface area contributed by atoms with Crippen molar-refractivity contribution in [1.29, 1.82) is 0 Å². The van der Waals surface area contributed by atoms with E-state index in [0.717, 1.165) is 25.7 Å². The van der Waals surface area contributed by atoms with Crippen molar-refractivity contribution < 1.29 is 22.4 Å². The van der Waals surface area contributed by atoms with Crippen molar-refractivity contribution in [3.05, 3.63) is 64.9 Å². The Balaban J connectivity index is 1.39. The Morgan fingerprint density at radius 1 is 0.886 bits per heavy atom. The summed E-state index contributed by atoms with van der Waals surface area (Å²) in [6, 6.07) is 10.8. The molecule has 3 atom stereocenters. The zero-order valence-corrected chi connectivity index (χ0v) is 20.8. The van der Waals surface area contributed by atoms with Crippen molar-refractivity contribution in [2.75, 3.05) is 13.1 Å². The van der Waals surface area contributed by atoms with Crippen LogP contribution < -0.4 is 10.6 Å². The second-order valence-electron chi connectivity index (χ2n) is 9.14. The summed E-state index contributed by atoms with van der Waals surface area (Å²) >= 11 is 5.89. The van der Waals surface area contributed by atoms with Gasteiger partial charge in [0, 0.05) is 35.8 Å². The zero-order chi connectivity index (χ0) is 25.0. The van der Waals surface area contributed by atoms with Gasteiger partial charge < -0.3 is 10.6 Å². The summed E-state index contributed by atoms with van der Waals surface area (Å²) < 4.78 is 40.7. The number of nitrogens with zero attached hydrogens (tertiary/aromatic N) is 1. The SMILES string of the molecule is O=C(N[C@@H]1CCCC[C@H]1NC(=O)C1CCCN(S(=O)(=O)c2ccc(Cl)cc2)C1)c1ccc(F)cc1. The van der Waals surface area contributed by atoms with Crippen LogP contribution in [0.25, 0.3) is 0 Å². The van der Waals surface area contributed by atoms with E-state index in [2.05, 4.69) is 10.6 Å². The normalized spacial score (nSPS) is 23.4. The van der Waals surface area contributed by atoms with Gasteiger partial charge >= 0.3 is 0 Å². The molecule has 0 radical (unpaired) electrons. The maximum atomic E-state index is 13.2. The fraction of sp³-hybridized carbons (Fsp3) is 0.440. The van der Waals surface area contributed by atoms with Crippen molar-refractivity contribution in [1.82, 2.24) is 14.9 Å². The van der Waals surface area contributed by atoms with E-state index in [1.165, 1.54) is 52.8 Å². The highest BCUT2D eigenvalue weighted by Crippen LogP contribution is 2.26. The number of hydrogen-bond donors (Lipinski definition) is 2. The lowest BCUT2D eigenvalue weighted by atomic mass is 9.89. The summed E-state index contributed by atoms with van der Waals surface area (Å²) in [5.41, 5.74) is 0.359. The monoisotopic (exact) mass is 521 g/mol. The highest BCUT2D eigenvalue weighted by molar-refractivity contribution is 7.89. The van der Waals surface area contributed by atoms with E-state index in [0.29, 0.717) is 30.0 Å². The first kappa shape index (κ1) is 25.6. The number of nitrogens with one attached hydrogen (secondary N) is 2. The molecule has 188 valence electrons. The molecule has 1 aliphatic heterocycles. The van der Waals surface area contributed by atoms with Gasteiger partial charge in [-0.2, -0.15) is 4.31 Å². The molecular weight excluding hydrogens is 493 g/mol. The predicted molar refractivity (Wildman–Crippen MR) is 131 cm³/mol. The highest BCUT2D eigenvalue weighted by Gasteiger charge is 2.35. The fourth-order valence-corrected chi connectivity index (χ4v) is 6.41. The van der Waals surface area contributed by atoms with Gasteiger partial charge in [-0.15, -0.1) is 0 Å². The number of rotatable bonds is 6. The number of sulfonamides is 1. The van der Waals surface area contributed by atoms with Crippen molar-refractivity contribution in [2.24, 2.45) is 5.92 Å². The van der Waals surface area contributed by atoms with E-state index in [1.807, 2.05) is 0 Å². The van der Waals surface area contributed by atoms with Gasteiger partial charge in [0.15, 0.2) is 0 Å². The van der Waals surface area contributed by atoms with Gasteiger partial charge in [-0.1, -0.05) is 24.4 Å². The van der Waals surface area contributed by atoms with Crippen LogP contribution in [0.5, 0.6) is 0 Å². The lowest BCUT2D eigenvalue weighted by Gasteiger charge is -2.36. The van der Waals surface area contributed by atoms with Crippen LogP contribution in [0.3, 0.4) is 0 Å². The van der Waals surface area contributed by atoms with Crippen LogP contribution in [-0.4, -0.2) is 49.7 Å². The van der Waals surface area contributed by atoms with E-state index in [1.54, 1.807) is 0 Å². The summed E-state index contributed by atoms with van der Waals surface area (Å²) in [5.74, 6) is -1.40. The lowest BCUT2D eigenvalue weighted by molar-refractivity contribution is -0.127. The Hall–Kier alpha value is -2.49. The molecule has 2 aromatic carbocycles. The molecule has 0 bridgehead atoms. The Morgan fingerprint density at radius 3 is 2.17 bits per heavy atom. The number of amides is 2. The van der Waals surface area contributed by atoms with E-state index in [-0.39, 0.29) is 35.3 Å². The minimum Gasteiger partial charge on any atom is -0.351 e. The smallest absolute Gasteiger partial charge is 0.251 e. The molecule has 1 heterocycles. The van der Waals surface area contributed by atoms with E-state index >= 15 is 0 Å². The molecule has 2 N–H and O–H groups in total. The molecule has 1 saturated carbocycles. The molecule has 1 aliphatic carbocycles. The number of hydrogen-bond acceptors (Lipinski definition) is 4. The summed E-state index contributed by atoms with van der Waals surface area (Å²) in [6.45, 7) is 0.463. The van der Waals surface area contributed by atoms with Crippen LogP contribution in [0.2, 0.25) is 5.02 Å². The Bertz CT molecular complexity index is 1160. The van der Waals surface area contributed by atoms with Gasteiger partial charge in [0.1, 0.15) is 5.82 Å². The summed E-state index contributed by atoms with van der Waals surface area (Å²) in [4.78, 5) is 25.9. The van der Waals surface area contributed by atoms with Gasteiger partial charge in [0.25, 0.3) is 5.91 Å². The number of piperidine rings is 1. The van der Waals surface area contributed by atoms with Crippen molar-refractivity contribution >= 4 is 33.4 Å². The van der Waals surface area contributed by atoms with Gasteiger partial charge in [-0.05, 0) is 74.2 Å². The number of halogens is 2. The van der Waals surface area contributed by atoms with E-state index in [4.69, 9.17) is 11.6 Å². The maximum Gasteiger partial charge on any atom is 0.251 e. The number of carbonyl (C=O) groups excluding carboxylic acids is 2. The molecular formula is C25H29ClFN3O4S. The summed E-state index contributed by atoms with van der Waals surface area (Å²) in [7, 11) is -3.73. The highest BCUT2D eigenvalue weighted by atomic mass is 35.5. The predicted octanol–water partition coefficient (Wildman–Crippen LogP) is 3.74. The standard InChI is InChI=1S/C25H29ClFN3O4S/c26-19-9-13-21(14-10-19)35(33,34)30-15-3-4-18(16-30)25(32)29-23-6-2-1-5-22(23)28-24(31)17-7-11-20(27)12-8-17/h7-14,18,22-23H,1-6,15-16H2,(H,28,31)(H,29,32)/t18?,22-,23-/m1/s1. The van der Waals surface area contributed by atoms with Crippen molar-refractivity contribution in [3.8, 4) is 0 Å². The third-order valence-electron chi connectivity index (χ3n) is 6.72. The molecule has 2 amide bonds. The second kappa shape index (κ2) is 11.1. The van der Waals surface area contributed by atoms with Crippen LogP contribution in [0, 0.1) is 11.7 Å². The van der Waals surface area contributed by atoms with Gasteiger partial charge in [0.2, 0.25) is 15.9 Å². The molecule has 7 nitrogen and oxygen atoms in total. The van der Waals surface area contributed by atoms with Crippen molar-refractivity contribution in [2.45, 2.75) is 55.5 Å². The number of carbonyl (C=O) groups is 2. The van der Waals surface area contributed by atoms with E-state index in [9.17, 15) is 22.4 Å². The molecule has 35 heavy (non-hydrogen) atoms. The lowest BCUT2D eigenvalue weighted by Crippen LogP contribution is -2.55. The first-order chi connectivity index (χ1) is 16.7. The van der Waals surface area contributed by atoms with Crippen molar-refractivity contribution in [3.63, 3.8) is 0 Å². The minimum atomic E-state index is -3.73. The molecule has 1 unspecified atom stereocenters. The first-order valence-electron chi connectivity index (χ1n) is 11.9. The molecule has 2 fully saturated rings. The molecule has 2 aromatic rings. The number of benzene rings is 2. The van der Waals surface area contributed by atoms with Crippen LogP contribution in [0.1, 0.15) is 48.9 Å². The summed E-state index contributed by atoms with van der Waals surface area (Å²) in [6.07, 6.45) is 4.48. The van der Waals surface area contributed by atoms with Gasteiger partial charge in [-0.3, -0.25) is 9.59 Å². The van der Waals surface area contributed by atoms with Crippen LogP contribution in [-0.2, 0) is 14.8 Å². The quantitative estimate of drug-likeness (QED) is 0.605. The Kier molecular flexibility index (Phi) is 8.09. The molecule has 0 aromatic heterocycles. The van der Waals surface area contributed by atoms with Crippen LogP contribution >= 0.6 is 11.6 Å². The van der Waals surface area contributed by atoms with Crippen LogP contribution in [0.4, 0.5) is 4.39 Å². The second-order valence-corrected chi connectivity index (χ2v) is 11.5. The summed E-state index contributed by atoms with van der Waals surface area (Å²) in [5, 5.41) is 6.50. The molecule has 10 heteroatoms. The third kappa shape index (κ3) is 6.20. The van der Waals surface area contributed by atoms with Crippen LogP contribution in [0.15, 0.2) is 53.4 Å². The molecule has 0 spiro atoms. The van der Waals surface area contributed by atoms with E-state index < -0.39 is 21.8 Å². The average molecular weight is 522 g/mol. The molecule has 4 rings (SSSR count). The minimum absolute atomic E-state index is 0.107. The zero-order valence-electron chi connectivity index (χ0n) is 19.3. The molecule has 1 saturated heterocycles. The average Bonchev–Trinajstić information content (AvgIpc) is 2.86. The topological polar surface area (TPSA) is 95.6 Å². The first-order valence-corrected chi connectivity index (χ1v) is 13.7. The Morgan fingerprint density at radius 2 is 1.51 bits per heavy atom. The third-order valence-corrected chi connectivity index (χ3v) is 8.85. The fourth-order valence-electron chi connectivity index (χ4n) is 4.76. The van der Waals surface area contributed by atoms with Gasteiger partial charge in [-0.25, -0.2) is 12.8 Å². The Labute approximate surface area is 210 Å². The molecule has 2 aliphatic rings.